The molecule has 0 amide bonds. The van der Waals surface area contributed by atoms with E-state index in [4.69, 9.17) is 49.0 Å². The summed E-state index contributed by atoms with van der Waals surface area (Å²) < 4.78 is 19.9. The van der Waals surface area contributed by atoms with E-state index in [1.165, 1.54) is 57.3 Å². The number of aryl methyl sites for hydroxylation is 4. The van der Waals surface area contributed by atoms with Gasteiger partial charge < -0.3 is 23.6 Å². The van der Waals surface area contributed by atoms with Gasteiger partial charge in [0.1, 0.15) is 24.9 Å². The Bertz CT molecular complexity index is 3200. The van der Waals surface area contributed by atoms with Crippen molar-refractivity contribution in [2.24, 2.45) is 0 Å². The molecule has 3 unspecified atom stereocenters. The molecule has 8 heteroatoms. The van der Waals surface area contributed by atoms with E-state index in [9.17, 15) is 0 Å². The van der Waals surface area contributed by atoms with Crippen LogP contribution < -0.4 is 0 Å². The summed E-state index contributed by atoms with van der Waals surface area (Å²) in [6.07, 6.45) is 6.51. The maximum atomic E-state index is 6.40. The summed E-state index contributed by atoms with van der Waals surface area (Å²) in [7, 11) is 6.70. The minimum Gasteiger partial charge on any atom is -0.369 e. The number of benzene rings is 9. The minimum atomic E-state index is -0.0797. The summed E-state index contributed by atoms with van der Waals surface area (Å²) in [5, 5.41) is 2.24. The zero-order valence-corrected chi connectivity index (χ0v) is 52.5. The maximum Gasteiger partial charge on any atom is 0.108 e. The fourth-order valence-electron chi connectivity index (χ4n) is 9.74. The Hall–Kier alpha value is -6.35. The van der Waals surface area contributed by atoms with Crippen molar-refractivity contribution in [1.82, 2.24) is 4.90 Å². The number of hydrogen-bond donors (Lipinski definition) is 0. The Morgan fingerprint density at radius 1 is 0.333 bits per heavy atom. The maximum absolute atomic E-state index is 6.40. The molecule has 0 fully saturated rings. The molecular weight excluding hydrogens is 1100 g/mol. The first-order valence-electron chi connectivity index (χ1n) is 29.7. The number of hydrogen-bond acceptors (Lipinski definition) is 4. The van der Waals surface area contributed by atoms with Crippen LogP contribution in [0.5, 0.6) is 0 Å². The molecule has 0 aliphatic carbocycles. The lowest BCUT2D eigenvalue weighted by molar-refractivity contribution is -0.890. The Morgan fingerprint density at radius 3 is 1.06 bits per heavy atom. The largest absolute Gasteiger partial charge is 0.369 e. The van der Waals surface area contributed by atoms with Gasteiger partial charge in [-0.1, -0.05) is 258 Å². The van der Waals surface area contributed by atoms with E-state index in [1.807, 2.05) is 66.7 Å². The molecule has 3 atom stereocenters. The van der Waals surface area contributed by atoms with Crippen LogP contribution in [0.15, 0.2) is 237 Å². The Morgan fingerprint density at radius 2 is 0.667 bits per heavy atom. The molecule has 0 saturated heterocycles. The van der Waals surface area contributed by atoms with Crippen molar-refractivity contribution in [3.8, 4) is 0 Å². The molecule has 0 saturated carbocycles. The molecule has 9 aromatic carbocycles. The lowest BCUT2D eigenvalue weighted by Crippen LogP contribution is -2.44. The van der Waals surface area contributed by atoms with Gasteiger partial charge in [-0.25, -0.2) is 0 Å². The molecule has 84 heavy (non-hydrogen) atoms. The fourth-order valence-corrected chi connectivity index (χ4v) is 10.1. The van der Waals surface area contributed by atoms with Crippen LogP contribution in [0.4, 0.5) is 0 Å². The summed E-state index contributed by atoms with van der Waals surface area (Å²) in [6.45, 7) is 12.5. The average Bonchev–Trinajstić information content (AvgIpc) is 3.63. The predicted molar refractivity (Wildman–Crippen MR) is 355 cm³/mol. The first-order chi connectivity index (χ1) is 40.8. The van der Waals surface area contributed by atoms with E-state index < -0.39 is 0 Å². The highest BCUT2D eigenvalue weighted by Gasteiger charge is 2.20. The van der Waals surface area contributed by atoms with Crippen LogP contribution in [0, 0.1) is 20.8 Å². The molecule has 0 heterocycles. The number of halogens is 3. The molecule has 9 aromatic rings. The second-order valence-electron chi connectivity index (χ2n) is 22.6. The first-order valence-corrected chi connectivity index (χ1v) is 30.8. The third-order valence-electron chi connectivity index (χ3n) is 15.1. The van der Waals surface area contributed by atoms with Gasteiger partial charge in [-0.3, -0.25) is 0 Å². The molecular formula is C76H86Cl3N2O3+. The van der Waals surface area contributed by atoms with E-state index >= 15 is 0 Å². The van der Waals surface area contributed by atoms with E-state index in [0.717, 1.165) is 100 Å². The molecule has 0 aliphatic heterocycles. The SMILES string of the molecule is Cc1ccc(CCCCCOC(c2ccccc2)c2ccc(Cl)cc2)cc1.Cc1ccc(CCN(C)CCOC(c2ccccc2)c2ccc(Cl)cc2)cc1.Cc1ccc(CC[N+](C)(C)CCOC(c2ccccc2)c2ccc(Cl)cc2)cc1. The van der Waals surface area contributed by atoms with Crippen molar-refractivity contribution < 1.29 is 18.7 Å². The van der Waals surface area contributed by atoms with Crippen LogP contribution in [0.25, 0.3) is 0 Å². The molecule has 0 radical (unpaired) electrons. The summed E-state index contributed by atoms with van der Waals surface area (Å²) in [5.41, 5.74) is 15.0. The van der Waals surface area contributed by atoms with Crippen LogP contribution in [-0.2, 0) is 33.5 Å². The molecule has 438 valence electrons. The van der Waals surface area contributed by atoms with Gasteiger partial charge in [0, 0.05) is 41.2 Å². The smallest absolute Gasteiger partial charge is 0.108 e. The van der Waals surface area contributed by atoms with Crippen LogP contribution in [0.1, 0.15) is 104 Å². The van der Waals surface area contributed by atoms with Gasteiger partial charge in [0.25, 0.3) is 0 Å². The quantitative estimate of drug-likeness (QED) is 0.0379. The highest BCUT2D eigenvalue weighted by Crippen LogP contribution is 2.30. The molecule has 9 rings (SSSR count). The summed E-state index contributed by atoms with van der Waals surface area (Å²) in [4.78, 5) is 2.32. The lowest BCUT2D eigenvalue weighted by atomic mass is 10.0. The van der Waals surface area contributed by atoms with Gasteiger partial charge in [0.2, 0.25) is 0 Å². The number of nitrogens with zero attached hydrogens (tertiary/aromatic N) is 2. The summed E-state index contributed by atoms with van der Waals surface area (Å²) >= 11 is 18.2. The third kappa shape index (κ3) is 23.3. The van der Waals surface area contributed by atoms with Crippen molar-refractivity contribution in [3.05, 3.63) is 318 Å². The first kappa shape index (κ1) is 65.2. The minimum absolute atomic E-state index is 0.0411. The normalized spacial score (nSPS) is 12.4. The summed E-state index contributed by atoms with van der Waals surface area (Å²) in [5.74, 6) is 0. The highest BCUT2D eigenvalue weighted by molar-refractivity contribution is 6.31. The van der Waals surface area contributed by atoms with Gasteiger partial charge in [-0.2, -0.15) is 0 Å². The van der Waals surface area contributed by atoms with Gasteiger partial charge in [0.05, 0.1) is 33.9 Å². The number of quaternary nitrogens is 1. The number of likely N-dealkylation sites (N-methyl/N-ethyl adjacent to an activating group) is 2. The molecule has 0 N–H and O–H groups in total. The predicted octanol–water partition coefficient (Wildman–Crippen LogP) is 19.2. The standard InChI is InChI=1S/C26H31ClNO.C25H28ClNO.C25H27ClO/c1-21-9-11-22(12-10-21)17-18-28(2,3)19-20-29-26(23-7-5-4-6-8-23)24-13-15-25(27)16-14-24;1-20-8-10-21(11-9-20)16-17-27(2)18-19-28-25(22-6-4-3-5-7-22)23-12-14-24(26)15-13-23;1-20-11-13-21(14-12-20)8-4-3-7-19-27-25(22-9-5-2-6-10-22)23-15-17-24(26)18-16-23/h4-16,26H,17-20H2,1-3H3;3-15,25H,16-19H2,1-2H3;2,5-6,9-18,25H,3-4,7-8,19H2,1H3/q+1;;. The van der Waals surface area contributed by atoms with E-state index in [2.05, 4.69) is 217 Å². The fraction of sp³-hybridized carbons (Fsp3) is 0.289. The third-order valence-corrected chi connectivity index (χ3v) is 15.9. The number of unbranched alkanes of at least 4 members (excludes halogenated alkanes) is 2. The van der Waals surface area contributed by atoms with Crippen molar-refractivity contribution in [1.29, 1.82) is 0 Å². The van der Waals surface area contributed by atoms with Crippen molar-refractivity contribution in [2.75, 3.05) is 67.1 Å². The Balaban J connectivity index is 0.000000181. The van der Waals surface area contributed by atoms with E-state index in [-0.39, 0.29) is 18.3 Å². The van der Waals surface area contributed by atoms with Crippen molar-refractivity contribution >= 4 is 34.8 Å². The topological polar surface area (TPSA) is 30.9 Å². The van der Waals surface area contributed by atoms with E-state index in [0.29, 0.717) is 13.2 Å². The second kappa shape index (κ2) is 35.2. The summed E-state index contributed by atoms with van der Waals surface area (Å²) in [6, 6.07) is 81.5. The van der Waals surface area contributed by atoms with Gasteiger partial charge in [0.15, 0.2) is 0 Å². The number of rotatable bonds is 27. The molecule has 0 bridgehead atoms. The zero-order valence-electron chi connectivity index (χ0n) is 50.2. The van der Waals surface area contributed by atoms with E-state index in [1.54, 1.807) is 0 Å². The van der Waals surface area contributed by atoms with Crippen LogP contribution in [-0.4, -0.2) is 76.5 Å². The van der Waals surface area contributed by atoms with Crippen molar-refractivity contribution in [3.63, 3.8) is 0 Å². The molecule has 0 aliphatic rings. The zero-order chi connectivity index (χ0) is 59.4. The average molecular weight is 1180 g/mol. The highest BCUT2D eigenvalue weighted by atomic mass is 35.5. The van der Waals surface area contributed by atoms with Crippen LogP contribution >= 0.6 is 34.8 Å². The Labute approximate surface area is 518 Å². The monoisotopic (exact) mass is 1180 g/mol. The van der Waals surface area contributed by atoms with Gasteiger partial charge >= 0.3 is 0 Å². The van der Waals surface area contributed by atoms with Gasteiger partial charge in [-0.15, -0.1) is 0 Å². The van der Waals surface area contributed by atoms with Crippen molar-refractivity contribution in [2.45, 2.75) is 77.6 Å². The Kier molecular flexibility index (Phi) is 27.3. The number of ether oxygens (including phenoxy) is 3. The molecule has 0 aromatic heterocycles. The molecule has 5 nitrogen and oxygen atoms in total. The van der Waals surface area contributed by atoms with Crippen LogP contribution in [0.2, 0.25) is 15.1 Å². The van der Waals surface area contributed by atoms with Gasteiger partial charge in [-0.05, 0) is 140 Å². The van der Waals surface area contributed by atoms with Crippen LogP contribution in [0.3, 0.4) is 0 Å². The molecule has 0 spiro atoms. The second-order valence-corrected chi connectivity index (χ2v) is 23.9. The lowest BCUT2D eigenvalue weighted by Gasteiger charge is -2.31.